The zero-order chi connectivity index (χ0) is 27.2. The van der Waals surface area contributed by atoms with Crippen LogP contribution >= 0.6 is 0 Å². The summed E-state index contributed by atoms with van der Waals surface area (Å²) < 4.78 is 40.9. The molecule has 0 spiro atoms. The molecule has 1 amide bonds. The van der Waals surface area contributed by atoms with Gasteiger partial charge in [-0.05, 0) is 54.8 Å². The SMILES string of the molecule is CCOC(CC)Oc1ccc2c(C(=O)NCc3ccc(F)c(F)c3)c(C(C)C)n(Cc3ccccn3)c2c1. The van der Waals surface area contributed by atoms with Gasteiger partial charge in [-0.1, -0.05) is 32.9 Å². The Morgan fingerprint density at radius 1 is 1.05 bits per heavy atom. The summed E-state index contributed by atoms with van der Waals surface area (Å²) in [6, 6.07) is 15.0. The molecule has 0 saturated heterocycles. The van der Waals surface area contributed by atoms with E-state index < -0.39 is 11.6 Å². The molecule has 1 atom stereocenters. The predicted octanol–water partition coefficient (Wildman–Crippen LogP) is 6.57. The van der Waals surface area contributed by atoms with Crippen molar-refractivity contribution in [1.82, 2.24) is 14.9 Å². The van der Waals surface area contributed by atoms with Crippen molar-refractivity contribution in [2.45, 2.75) is 59.4 Å². The van der Waals surface area contributed by atoms with Gasteiger partial charge in [-0.2, -0.15) is 0 Å². The monoisotopic (exact) mass is 521 g/mol. The van der Waals surface area contributed by atoms with Crippen molar-refractivity contribution in [3.63, 3.8) is 0 Å². The van der Waals surface area contributed by atoms with E-state index in [9.17, 15) is 13.6 Å². The highest BCUT2D eigenvalue weighted by Gasteiger charge is 2.25. The molecule has 0 radical (unpaired) electrons. The van der Waals surface area contributed by atoms with Crippen LogP contribution in [0.1, 0.15) is 67.3 Å². The Morgan fingerprint density at radius 2 is 1.87 bits per heavy atom. The average molecular weight is 522 g/mol. The van der Waals surface area contributed by atoms with E-state index >= 15 is 0 Å². The van der Waals surface area contributed by atoms with Crippen molar-refractivity contribution < 1.29 is 23.0 Å². The van der Waals surface area contributed by atoms with Crippen LogP contribution in [0.15, 0.2) is 60.8 Å². The molecule has 4 rings (SSSR count). The van der Waals surface area contributed by atoms with E-state index in [1.807, 2.05) is 64.1 Å². The molecule has 0 aliphatic heterocycles. The van der Waals surface area contributed by atoms with Crippen LogP contribution in [-0.4, -0.2) is 28.4 Å². The number of ether oxygens (including phenoxy) is 2. The number of benzene rings is 2. The molecule has 0 bridgehead atoms. The smallest absolute Gasteiger partial charge is 0.254 e. The second-order valence-corrected chi connectivity index (χ2v) is 9.34. The van der Waals surface area contributed by atoms with Crippen LogP contribution in [0.4, 0.5) is 8.78 Å². The van der Waals surface area contributed by atoms with Crippen molar-refractivity contribution in [3.8, 4) is 5.75 Å². The van der Waals surface area contributed by atoms with Gasteiger partial charge in [-0.3, -0.25) is 9.78 Å². The van der Waals surface area contributed by atoms with Gasteiger partial charge in [-0.25, -0.2) is 8.78 Å². The van der Waals surface area contributed by atoms with E-state index in [0.717, 1.165) is 34.4 Å². The quantitative estimate of drug-likeness (QED) is 0.227. The molecule has 2 heterocycles. The molecule has 0 aliphatic rings. The number of aromatic nitrogens is 2. The van der Waals surface area contributed by atoms with Gasteiger partial charge in [-0.15, -0.1) is 0 Å². The first-order valence-electron chi connectivity index (χ1n) is 12.9. The summed E-state index contributed by atoms with van der Waals surface area (Å²) in [5.74, 6) is -1.52. The van der Waals surface area contributed by atoms with Gasteiger partial charge >= 0.3 is 0 Å². The number of nitrogens with one attached hydrogen (secondary N) is 1. The Hall–Kier alpha value is -3.78. The number of halogens is 2. The first-order valence-corrected chi connectivity index (χ1v) is 12.9. The van der Waals surface area contributed by atoms with E-state index in [1.165, 1.54) is 6.07 Å². The third-order valence-electron chi connectivity index (χ3n) is 6.29. The number of fused-ring (bicyclic) bond motifs is 1. The number of amides is 1. The minimum absolute atomic E-state index is 0.00584. The van der Waals surface area contributed by atoms with Crippen molar-refractivity contribution in [1.29, 1.82) is 0 Å². The molecule has 2 aromatic heterocycles. The number of hydrogen-bond acceptors (Lipinski definition) is 4. The third-order valence-corrected chi connectivity index (χ3v) is 6.29. The lowest BCUT2D eigenvalue weighted by atomic mass is 10.0. The van der Waals surface area contributed by atoms with Crippen molar-refractivity contribution in [3.05, 3.63) is 94.9 Å². The van der Waals surface area contributed by atoms with Crippen molar-refractivity contribution >= 4 is 16.8 Å². The topological polar surface area (TPSA) is 65.4 Å². The second kappa shape index (κ2) is 12.2. The van der Waals surface area contributed by atoms with Crippen LogP contribution in [-0.2, 0) is 17.8 Å². The molecular weight excluding hydrogens is 488 g/mol. The Labute approximate surface area is 221 Å². The molecule has 0 aliphatic carbocycles. The number of pyridine rings is 1. The van der Waals surface area contributed by atoms with Gasteiger partial charge in [0.15, 0.2) is 17.9 Å². The molecule has 0 saturated carbocycles. The van der Waals surface area contributed by atoms with E-state index in [1.54, 1.807) is 6.20 Å². The minimum Gasteiger partial charge on any atom is -0.465 e. The summed E-state index contributed by atoms with van der Waals surface area (Å²) in [4.78, 5) is 18.1. The molecule has 2 aromatic carbocycles. The Morgan fingerprint density at radius 3 is 2.53 bits per heavy atom. The summed E-state index contributed by atoms with van der Waals surface area (Å²) in [6.45, 7) is 9.06. The van der Waals surface area contributed by atoms with Gasteiger partial charge < -0.3 is 19.4 Å². The van der Waals surface area contributed by atoms with Crippen LogP contribution in [0.3, 0.4) is 0 Å². The van der Waals surface area contributed by atoms with Gasteiger partial charge in [0.05, 0.1) is 23.3 Å². The molecule has 1 N–H and O–H groups in total. The lowest BCUT2D eigenvalue weighted by Crippen LogP contribution is -2.24. The maximum atomic E-state index is 13.7. The van der Waals surface area contributed by atoms with Crippen LogP contribution in [0, 0.1) is 11.6 Å². The van der Waals surface area contributed by atoms with Crippen LogP contribution in [0.5, 0.6) is 5.75 Å². The molecule has 200 valence electrons. The molecule has 8 heteroatoms. The molecule has 38 heavy (non-hydrogen) atoms. The summed E-state index contributed by atoms with van der Waals surface area (Å²) in [6.07, 6.45) is 2.06. The molecule has 0 fully saturated rings. The molecule has 6 nitrogen and oxygen atoms in total. The summed E-state index contributed by atoms with van der Waals surface area (Å²) >= 11 is 0. The predicted molar refractivity (Wildman–Crippen MR) is 143 cm³/mol. The number of carbonyl (C=O) groups is 1. The van der Waals surface area contributed by atoms with Gasteiger partial charge in [0.25, 0.3) is 5.91 Å². The van der Waals surface area contributed by atoms with Crippen LogP contribution < -0.4 is 10.1 Å². The fraction of sp³-hybridized carbons (Fsp3) is 0.333. The number of carbonyl (C=O) groups excluding carboxylic acids is 1. The first kappa shape index (κ1) is 27.3. The standard InChI is InChI=1S/C30H33F2N3O3/c1-5-27(37-6-2)38-22-11-12-23-26(16-22)35(18-21-9-7-8-14-33-21)29(19(3)4)28(23)30(36)34-17-20-10-13-24(31)25(32)15-20/h7-16,19,27H,5-6,17-18H2,1-4H3,(H,34,36). The van der Waals surface area contributed by atoms with E-state index in [-0.39, 0.29) is 24.7 Å². The third kappa shape index (κ3) is 6.02. The Balaban J connectivity index is 1.77. The summed E-state index contributed by atoms with van der Waals surface area (Å²) in [5, 5.41) is 3.66. The molecule has 1 unspecified atom stereocenters. The van der Waals surface area contributed by atoms with Gasteiger partial charge in [0, 0.05) is 42.9 Å². The number of rotatable bonds is 11. The zero-order valence-electron chi connectivity index (χ0n) is 22.1. The number of nitrogens with zero attached hydrogens (tertiary/aromatic N) is 2. The fourth-order valence-electron chi connectivity index (χ4n) is 4.58. The Bertz CT molecular complexity index is 1400. The zero-order valence-corrected chi connectivity index (χ0v) is 22.1. The summed E-state index contributed by atoms with van der Waals surface area (Å²) in [5.41, 5.74) is 3.55. The van der Waals surface area contributed by atoms with Crippen molar-refractivity contribution in [2.24, 2.45) is 0 Å². The minimum atomic E-state index is -0.948. The lowest BCUT2D eigenvalue weighted by Gasteiger charge is -2.18. The van der Waals surface area contributed by atoms with Gasteiger partial charge in [0.1, 0.15) is 5.75 Å². The van der Waals surface area contributed by atoms with E-state index in [2.05, 4.69) is 14.9 Å². The number of hydrogen-bond donors (Lipinski definition) is 1. The van der Waals surface area contributed by atoms with Crippen molar-refractivity contribution in [2.75, 3.05) is 6.61 Å². The maximum absolute atomic E-state index is 13.7. The lowest BCUT2D eigenvalue weighted by molar-refractivity contribution is -0.0765. The van der Waals surface area contributed by atoms with E-state index in [0.29, 0.717) is 36.4 Å². The highest BCUT2D eigenvalue weighted by molar-refractivity contribution is 6.09. The van der Waals surface area contributed by atoms with E-state index in [4.69, 9.17) is 9.47 Å². The average Bonchev–Trinajstić information content (AvgIpc) is 3.23. The first-order chi connectivity index (χ1) is 18.3. The van der Waals surface area contributed by atoms with Crippen LogP contribution in [0.25, 0.3) is 10.9 Å². The normalized spacial score (nSPS) is 12.2. The highest BCUT2D eigenvalue weighted by Crippen LogP contribution is 2.34. The second-order valence-electron chi connectivity index (χ2n) is 9.34. The maximum Gasteiger partial charge on any atom is 0.254 e. The molecule has 4 aromatic rings. The van der Waals surface area contributed by atoms with Gasteiger partial charge in [0.2, 0.25) is 0 Å². The molecular formula is C30H33F2N3O3. The fourth-order valence-corrected chi connectivity index (χ4v) is 4.58. The Kier molecular flexibility index (Phi) is 8.73. The largest absolute Gasteiger partial charge is 0.465 e. The highest BCUT2D eigenvalue weighted by atomic mass is 19.2. The van der Waals surface area contributed by atoms with Crippen LogP contribution in [0.2, 0.25) is 0 Å². The summed E-state index contributed by atoms with van der Waals surface area (Å²) in [7, 11) is 0.